The molecule has 10 heavy (non-hydrogen) atoms. The van der Waals surface area contributed by atoms with E-state index in [2.05, 4.69) is 13.8 Å². The molecule has 3 nitrogen and oxygen atoms in total. The van der Waals surface area contributed by atoms with Crippen molar-refractivity contribution in [2.24, 2.45) is 16.9 Å². The summed E-state index contributed by atoms with van der Waals surface area (Å²) in [5, 5.41) is 0. The van der Waals surface area contributed by atoms with Gasteiger partial charge in [0.05, 0.1) is 0 Å². The van der Waals surface area contributed by atoms with Gasteiger partial charge in [0.2, 0.25) is 0 Å². The fraction of sp³-hybridized carbons (Fsp3) is 1.00. The van der Waals surface area contributed by atoms with Gasteiger partial charge in [0.25, 0.3) is 6.65 Å². The topological polar surface area (TPSA) is 69.1 Å². The van der Waals surface area contributed by atoms with Crippen molar-refractivity contribution in [3.8, 4) is 0 Å². The summed E-state index contributed by atoms with van der Waals surface area (Å²) in [7, 11) is 0. The van der Waals surface area contributed by atoms with Crippen molar-refractivity contribution >= 4 is 18.0 Å². The van der Waals surface area contributed by atoms with Gasteiger partial charge in [0.15, 0.2) is 0 Å². The third-order valence-electron chi connectivity index (χ3n) is 0.988. The lowest BCUT2D eigenvalue weighted by Crippen LogP contribution is -2.01. The average molecular weight is 182 g/mol. The Labute approximate surface area is 66.2 Å². The van der Waals surface area contributed by atoms with Gasteiger partial charge in [0, 0.05) is 5.75 Å². The number of nitrogens with two attached hydrogens (primary N) is 2. The molecule has 0 unspecified atom stereocenters. The van der Waals surface area contributed by atoms with Crippen molar-refractivity contribution < 1.29 is 4.57 Å². The molecule has 0 saturated heterocycles. The van der Waals surface area contributed by atoms with Crippen molar-refractivity contribution in [2.45, 2.75) is 20.3 Å². The lowest BCUT2D eigenvalue weighted by molar-refractivity contribution is 0.586. The van der Waals surface area contributed by atoms with Crippen molar-refractivity contribution in [1.29, 1.82) is 0 Å². The predicted octanol–water partition coefficient (Wildman–Crippen LogP) is 1.79. The lowest BCUT2D eigenvalue weighted by atomic mass is 10.2. The minimum absolute atomic E-state index is 0.624. The van der Waals surface area contributed by atoms with Gasteiger partial charge in [-0.25, -0.2) is 0 Å². The molecule has 0 aliphatic rings. The smallest absolute Gasteiger partial charge is 0.261 e. The van der Waals surface area contributed by atoms with E-state index in [-0.39, 0.29) is 0 Å². The summed E-state index contributed by atoms with van der Waals surface area (Å²) < 4.78 is 10.7. The van der Waals surface area contributed by atoms with Gasteiger partial charge in [-0.1, -0.05) is 25.2 Å². The molecule has 0 rings (SSSR count). The molecule has 62 valence electrons. The third-order valence-corrected chi connectivity index (χ3v) is 3.57. The predicted molar refractivity (Wildman–Crippen MR) is 47.9 cm³/mol. The monoisotopic (exact) mass is 182 g/mol. The van der Waals surface area contributed by atoms with Crippen LogP contribution in [0, 0.1) is 5.92 Å². The van der Waals surface area contributed by atoms with Gasteiger partial charge in [-0.2, -0.15) is 0 Å². The fourth-order valence-corrected chi connectivity index (χ4v) is 2.47. The fourth-order valence-electron chi connectivity index (χ4n) is 0.431. The Hall–Kier alpha value is 0.500. The van der Waals surface area contributed by atoms with E-state index in [0.717, 1.165) is 12.2 Å². The Morgan fingerprint density at radius 2 is 2.00 bits per heavy atom. The molecule has 0 radical (unpaired) electrons. The Balaban J connectivity index is 3.30. The normalized spacial score (nSPS) is 12.5. The molecule has 0 aromatic rings. The van der Waals surface area contributed by atoms with Crippen molar-refractivity contribution in [3.63, 3.8) is 0 Å². The summed E-state index contributed by atoms with van der Waals surface area (Å²) in [5.41, 5.74) is 10.2. The molecule has 0 amide bonds. The standard InChI is InChI=1S/C5H15N2OPS/c1-5(2)3-4-10-9(6,7)8/h5H,3-4H2,1-2H3,(H4,6,7,8). The van der Waals surface area contributed by atoms with E-state index in [4.69, 9.17) is 11.0 Å². The Bertz CT molecular complexity index is 134. The van der Waals surface area contributed by atoms with Crippen molar-refractivity contribution in [1.82, 2.24) is 0 Å². The van der Waals surface area contributed by atoms with E-state index in [1.807, 2.05) is 0 Å². The van der Waals surface area contributed by atoms with Crippen LogP contribution in [-0.4, -0.2) is 5.75 Å². The summed E-state index contributed by atoms with van der Waals surface area (Å²) >= 11 is 1.17. The Morgan fingerprint density at radius 1 is 1.50 bits per heavy atom. The van der Waals surface area contributed by atoms with Crippen LogP contribution in [0.5, 0.6) is 0 Å². The molecule has 5 heteroatoms. The van der Waals surface area contributed by atoms with Crippen LogP contribution in [0.4, 0.5) is 0 Å². The molecule has 0 spiro atoms. The Kier molecular flexibility index (Phi) is 4.61. The maximum Gasteiger partial charge on any atom is 0.261 e. The quantitative estimate of drug-likeness (QED) is 0.650. The molecular weight excluding hydrogens is 167 g/mol. The summed E-state index contributed by atoms with van der Waals surface area (Å²) in [4.78, 5) is 0. The van der Waals surface area contributed by atoms with Crippen LogP contribution in [0.1, 0.15) is 20.3 Å². The van der Waals surface area contributed by atoms with Gasteiger partial charge < -0.3 is 0 Å². The van der Waals surface area contributed by atoms with Gasteiger partial charge in [-0.15, -0.1) is 0 Å². The molecule has 0 atom stereocenters. The highest BCUT2D eigenvalue weighted by Gasteiger charge is 2.08. The second-order valence-electron chi connectivity index (χ2n) is 2.66. The maximum absolute atomic E-state index is 10.7. The van der Waals surface area contributed by atoms with E-state index in [1.54, 1.807) is 0 Å². The highest BCUT2D eigenvalue weighted by Crippen LogP contribution is 2.43. The molecular formula is C5H15N2OPS. The molecule has 0 aliphatic heterocycles. The van der Waals surface area contributed by atoms with Gasteiger partial charge >= 0.3 is 0 Å². The van der Waals surface area contributed by atoms with Crippen LogP contribution < -0.4 is 11.0 Å². The van der Waals surface area contributed by atoms with Gasteiger partial charge in [0.1, 0.15) is 0 Å². The number of hydrogen-bond donors (Lipinski definition) is 2. The molecule has 0 aromatic heterocycles. The lowest BCUT2D eigenvalue weighted by Gasteiger charge is -2.06. The first-order valence-corrected chi connectivity index (χ1v) is 6.67. The summed E-state index contributed by atoms with van der Waals surface area (Å²) in [5.74, 6) is 1.42. The first kappa shape index (κ1) is 10.5. The van der Waals surface area contributed by atoms with Crippen LogP contribution in [0.15, 0.2) is 0 Å². The highest BCUT2D eigenvalue weighted by atomic mass is 32.7. The van der Waals surface area contributed by atoms with E-state index in [9.17, 15) is 4.57 Å². The minimum Gasteiger partial charge on any atom is -0.277 e. The minimum atomic E-state index is -2.81. The zero-order chi connectivity index (χ0) is 8.20. The van der Waals surface area contributed by atoms with Crippen molar-refractivity contribution in [3.05, 3.63) is 0 Å². The maximum atomic E-state index is 10.7. The van der Waals surface area contributed by atoms with E-state index in [1.165, 1.54) is 11.4 Å². The largest absolute Gasteiger partial charge is 0.277 e. The SMILES string of the molecule is CC(C)CCSP(N)(N)=O. The number of hydrogen-bond acceptors (Lipinski definition) is 2. The summed E-state index contributed by atoms with van der Waals surface area (Å²) in [6.07, 6.45) is 1.02. The van der Waals surface area contributed by atoms with Crippen LogP contribution in [0.2, 0.25) is 0 Å². The van der Waals surface area contributed by atoms with Crippen LogP contribution in [0.3, 0.4) is 0 Å². The molecule has 0 fully saturated rings. The van der Waals surface area contributed by atoms with Crippen LogP contribution in [0.25, 0.3) is 0 Å². The van der Waals surface area contributed by atoms with Crippen LogP contribution >= 0.6 is 18.0 Å². The molecule has 4 N–H and O–H groups in total. The molecule has 0 heterocycles. The molecule has 0 aliphatic carbocycles. The second-order valence-corrected chi connectivity index (χ2v) is 7.10. The Morgan fingerprint density at radius 3 is 2.30 bits per heavy atom. The van der Waals surface area contributed by atoms with Gasteiger partial charge in [-0.05, 0) is 12.3 Å². The van der Waals surface area contributed by atoms with Crippen LogP contribution in [-0.2, 0) is 4.57 Å². The molecule has 0 aromatic carbocycles. The highest BCUT2D eigenvalue weighted by molar-refractivity contribution is 8.56. The molecule has 0 bridgehead atoms. The van der Waals surface area contributed by atoms with E-state index >= 15 is 0 Å². The average Bonchev–Trinajstić information content (AvgIpc) is 1.59. The first-order chi connectivity index (χ1) is 4.42. The zero-order valence-electron chi connectivity index (χ0n) is 6.41. The van der Waals surface area contributed by atoms with Crippen molar-refractivity contribution in [2.75, 3.05) is 5.75 Å². The number of rotatable bonds is 4. The summed E-state index contributed by atoms with van der Waals surface area (Å²) in [6, 6.07) is 0. The summed E-state index contributed by atoms with van der Waals surface area (Å²) in [6.45, 7) is 1.41. The van der Waals surface area contributed by atoms with Gasteiger partial charge in [-0.3, -0.25) is 15.6 Å². The van der Waals surface area contributed by atoms with E-state index < -0.39 is 6.65 Å². The first-order valence-electron chi connectivity index (χ1n) is 3.23. The zero-order valence-corrected chi connectivity index (χ0v) is 8.12. The second kappa shape index (κ2) is 4.39. The van der Waals surface area contributed by atoms with E-state index in [0.29, 0.717) is 5.92 Å². The molecule has 0 saturated carbocycles. The third kappa shape index (κ3) is 8.50.